The number of hydrogen-bond donors (Lipinski definition) is 2. The minimum atomic E-state index is -0.0307. The third-order valence-corrected chi connectivity index (χ3v) is 4.52. The first kappa shape index (κ1) is 28.4. The molecule has 3 nitrogen and oxygen atoms in total. The van der Waals surface area contributed by atoms with E-state index in [9.17, 15) is 4.79 Å². The Morgan fingerprint density at radius 2 is 1.08 bits per heavy atom. The monoisotopic (exact) mass is 412 g/mol. The molecule has 1 amide bonds. The van der Waals surface area contributed by atoms with Crippen LogP contribution in [0.3, 0.4) is 0 Å². The minimum absolute atomic E-state index is 0. The molecule has 0 aromatic heterocycles. The van der Waals surface area contributed by atoms with Crippen molar-refractivity contribution in [1.82, 2.24) is 10.9 Å². The Bertz CT molecular complexity index is 318. The van der Waals surface area contributed by atoms with Gasteiger partial charge < -0.3 is 30.3 Å². The van der Waals surface area contributed by atoms with Gasteiger partial charge in [0.2, 0.25) is 5.91 Å². The fourth-order valence-corrected chi connectivity index (χ4v) is 2.94. The van der Waals surface area contributed by atoms with Crippen LogP contribution in [-0.4, -0.2) is 10.2 Å². The first-order chi connectivity index (χ1) is 11.7. The van der Waals surface area contributed by atoms with Crippen molar-refractivity contribution < 1.29 is 56.2 Å². The second-order valence-electron chi connectivity index (χ2n) is 6.66. The van der Waals surface area contributed by atoms with Gasteiger partial charge in [-0.3, -0.25) is 10.2 Å². The maximum atomic E-state index is 11.4. The third kappa shape index (κ3) is 25.2. The molecule has 142 valence electrons. The molecule has 2 N–H and O–H groups in total. The van der Waals surface area contributed by atoms with E-state index in [-0.39, 0.29) is 61.6 Å². The molecule has 0 heterocycles. The van der Waals surface area contributed by atoms with Crippen molar-refractivity contribution in [1.29, 1.82) is 0 Å². The molecule has 0 aliphatic heterocycles. The molecule has 0 aliphatic carbocycles. The van der Waals surface area contributed by atoms with Crippen molar-refractivity contribution in [2.75, 3.05) is 0 Å². The fourth-order valence-electron chi connectivity index (χ4n) is 2.84. The molecular formula is C19H37KN2OS2. The summed E-state index contributed by atoms with van der Waals surface area (Å²) in [5, 5.41) is 0. The average Bonchev–Trinajstić information content (AvgIpc) is 2.56. The summed E-state index contributed by atoms with van der Waals surface area (Å²) in [4.78, 5) is 11.4. The number of carbonyl (C=O) groups excluding carboxylic acids is 1. The molecule has 0 radical (unpaired) electrons. The number of carbonyl (C=O) groups is 1. The molecule has 0 saturated carbocycles. The summed E-state index contributed by atoms with van der Waals surface area (Å²) in [6.45, 7) is 2.27. The molecule has 0 saturated heterocycles. The number of unbranched alkanes of at least 4 members (excludes halogenated alkanes) is 14. The largest absolute Gasteiger partial charge is 1.00 e. The summed E-state index contributed by atoms with van der Waals surface area (Å²) in [5.41, 5.74) is 4.99. The van der Waals surface area contributed by atoms with Crippen LogP contribution >= 0.6 is 12.2 Å². The second kappa shape index (κ2) is 23.3. The molecule has 0 atom stereocenters. The molecule has 0 aromatic rings. The Balaban J connectivity index is 0. The summed E-state index contributed by atoms with van der Waals surface area (Å²) in [6, 6.07) is 0. The number of amides is 1. The van der Waals surface area contributed by atoms with Crippen molar-refractivity contribution in [3.63, 3.8) is 0 Å². The summed E-state index contributed by atoms with van der Waals surface area (Å²) >= 11 is 9.30. The minimum Gasteiger partial charge on any atom is -0.410 e. The topological polar surface area (TPSA) is 41.1 Å². The van der Waals surface area contributed by atoms with Crippen LogP contribution in [0.2, 0.25) is 0 Å². The van der Waals surface area contributed by atoms with Crippen molar-refractivity contribution in [3.05, 3.63) is 0 Å². The molecule has 0 fully saturated rings. The molecule has 0 spiro atoms. The van der Waals surface area contributed by atoms with Crippen LogP contribution in [0.4, 0.5) is 0 Å². The second-order valence-corrected chi connectivity index (χ2v) is 7.74. The standard InChI is InChI=1S/C19H38N2OS2.K/c1-2-3-4-5-6-7-8-9-10-11-12-13-14-15-16-17-18(22)20-21-19(23)24;/h2-17H2,1H3,(H,20,22)(H2,21,23,24);/q;+1/p-1. The summed E-state index contributed by atoms with van der Waals surface area (Å²) in [5.74, 6) is -0.0307. The number of nitrogens with one attached hydrogen (secondary N) is 2. The van der Waals surface area contributed by atoms with Crippen molar-refractivity contribution in [2.45, 2.75) is 110 Å². The van der Waals surface area contributed by atoms with E-state index < -0.39 is 0 Å². The van der Waals surface area contributed by atoms with Gasteiger partial charge in [0.25, 0.3) is 0 Å². The molecule has 6 heteroatoms. The van der Waals surface area contributed by atoms with E-state index in [2.05, 4.69) is 42.6 Å². The Hall–Kier alpha value is 1.22. The van der Waals surface area contributed by atoms with Crippen molar-refractivity contribution in [2.24, 2.45) is 0 Å². The van der Waals surface area contributed by atoms with E-state index in [4.69, 9.17) is 0 Å². The zero-order chi connectivity index (χ0) is 17.9. The van der Waals surface area contributed by atoms with Crippen LogP contribution < -0.4 is 62.2 Å². The first-order valence-corrected chi connectivity index (χ1v) is 10.7. The normalized spacial score (nSPS) is 10.1. The first-order valence-electron chi connectivity index (χ1n) is 9.92. The van der Waals surface area contributed by atoms with Gasteiger partial charge in [-0.15, -0.1) is 0 Å². The van der Waals surface area contributed by atoms with Gasteiger partial charge in [-0.2, -0.15) is 0 Å². The van der Waals surface area contributed by atoms with E-state index in [1.54, 1.807) is 0 Å². The quantitative estimate of drug-likeness (QED) is 0.134. The van der Waals surface area contributed by atoms with Crippen LogP contribution in [0.25, 0.3) is 0 Å². The molecule has 0 rings (SSSR count). The van der Waals surface area contributed by atoms with E-state index in [1.165, 1.54) is 83.5 Å². The summed E-state index contributed by atoms with van der Waals surface area (Å²) in [7, 11) is 0. The third-order valence-electron chi connectivity index (χ3n) is 4.31. The molecular weight excluding hydrogens is 375 g/mol. The van der Waals surface area contributed by atoms with Gasteiger partial charge in [0, 0.05) is 6.42 Å². The van der Waals surface area contributed by atoms with Crippen molar-refractivity contribution in [3.8, 4) is 0 Å². The fraction of sp³-hybridized carbons (Fsp3) is 0.895. The molecule has 25 heavy (non-hydrogen) atoms. The zero-order valence-electron chi connectivity index (χ0n) is 16.5. The van der Waals surface area contributed by atoms with E-state index >= 15 is 0 Å². The predicted molar refractivity (Wildman–Crippen MR) is 111 cm³/mol. The number of hydrogen-bond acceptors (Lipinski definition) is 3. The van der Waals surface area contributed by atoms with Gasteiger partial charge in [0.15, 0.2) is 0 Å². The summed E-state index contributed by atoms with van der Waals surface area (Å²) < 4.78 is 0.180. The van der Waals surface area contributed by atoms with Crippen LogP contribution in [0, 0.1) is 0 Å². The average molecular weight is 413 g/mol. The molecule has 0 bridgehead atoms. The van der Waals surface area contributed by atoms with E-state index in [0.717, 1.165) is 12.8 Å². The van der Waals surface area contributed by atoms with Crippen molar-refractivity contribution >= 4 is 35.1 Å². The number of hydrazine groups is 1. The zero-order valence-corrected chi connectivity index (χ0v) is 21.3. The number of rotatable bonds is 16. The Morgan fingerprint density at radius 1 is 0.720 bits per heavy atom. The van der Waals surface area contributed by atoms with Crippen LogP contribution in [0.1, 0.15) is 110 Å². The molecule has 0 aliphatic rings. The Morgan fingerprint density at radius 3 is 1.44 bits per heavy atom. The van der Waals surface area contributed by atoms with Gasteiger partial charge >= 0.3 is 51.4 Å². The van der Waals surface area contributed by atoms with E-state index in [0.29, 0.717) is 6.42 Å². The van der Waals surface area contributed by atoms with Gasteiger partial charge in [0.05, 0.1) is 0 Å². The van der Waals surface area contributed by atoms with Crippen LogP contribution in [0.5, 0.6) is 0 Å². The Labute approximate surface area is 209 Å². The van der Waals surface area contributed by atoms with E-state index in [1.807, 2.05) is 0 Å². The smallest absolute Gasteiger partial charge is 0.410 e. The predicted octanol–water partition coefficient (Wildman–Crippen LogP) is 2.70. The molecule has 0 unspecified atom stereocenters. The SMILES string of the molecule is CCCCCCCCCCCCCCCCCC(=O)NNC(=S)[S-].[K+]. The van der Waals surface area contributed by atoms with Gasteiger partial charge in [-0.05, 0) is 10.7 Å². The molecule has 0 aromatic carbocycles. The van der Waals surface area contributed by atoms with Crippen LogP contribution in [-0.2, 0) is 17.4 Å². The summed E-state index contributed by atoms with van der Waals surface area (Å²) in [6.07, 6.45) is 20.5. The Kier molecular flexibility index (Phi) is 26.4. The van der Waals surface area contributed by atoms with Crippen LogP contribution in [0.15, 0.2) is 0 Å². The van der Waals surface area contributed by atoms with Gasteiger partial charge in [0.1, 0.15) is 0 Å². The van der Waals surface area contributed by atoms with Gasteiger partial charge in [-0.1, -0.05) is 96.8 Å². The maximum Gasteiger partial charge on any atom is 1.00 e. The number of thiocarbonyl (C=S) groups is 1. The van der Waals surface area contributed by atoms with Gasteiger partial charge in [-0.25, -0.2) is 0 Å². The maximum absolute atomic E-state index is 11.4.